The van der Waals surface area contributed by atoms with Crippen molar-refractivity contribution in [2.45, 2.75) is 148 Å². The lowest BCUT2D eigenvalue weighted by Gasteiger charge is -2.47. The Morgan fingerprint density at radius 2 is 1.87 bits per heavy atom. The van der Waals surface area contributed by atoms with Gasteiger partial charge in [0, 0.05) is 63.0 Å². The van der Waals surface area contributed by atoms with Gasteiger partial charge < -0.3 is 53.9 Å². The lowest BCUT2D eigenvalue weighted by molar-refractivity contribution is -0.295. The predicted molar refractivity (Wildman–Crippen MR) is 199 cm³/mol. The molecule has 4 N–H and O–H groups in total. The van der Waals surface area contributed by atoms with E-state index in [0.717, 1.165) is 17.6 Å². The number of nitrogens with zero attached hydrogens (tertiary/aromatic N) is 5. The first-order valence-electron chi connectivity index (χ1n) is 19.3. The average molecular weight is 763 g/mol. The van der Waals surface area contributed by atoms with Crippen molar-refractivity contribution in [1.82, 2.24) is 25.1 Å². The highest BCUT2D eigenvalue weighted by Gasteiger charge is 2.52. The van der Waals surface area contributed by atoms with Crippen molar-refractivity contribution in [3.8, 4) is 0 Å². The van der Waals surface area contributed by atoms with Crippen LogP contribution in [0.2, 0.25) is 0 Å². The van der Waals surface area contributed by atoms with Gasteiger partial charge in [-0.1, -0.05) is 38.1 Å². The summed E-state index contributed by atoms with van der Waals surface area (Å²) < 4.78 is 26.2. The third-order valence-electron chi connectivity index (χ3n) is 11.8. The fourth-order valence-corrected chi connectivity index (χ4v) is 8.28. The highest BCUT2D eigenvalue weighted by atomic mass is 16.7. The zero-order chi connectivity index (χ0) is 40.1. The van der Waals surface area contributed by atoms with Gasteiger partial charge in [-0.25, -0.2) is 0 Å². The molecule has 0 bridgehead atoms. The Balaban J connectivity index is 1.72. The molecule has 4 rings (SSSR count). The summed E-state index contributed by atoms with van der Waals surface area (Å²) >= 11 is 0. The maximum absolute atomic E-state index is 14.3. The number of aliphatic hydroxyl groups excluding tert-OH is 2. The molecule has 304 valence electrons. The highest BCUT2D eigenvalue weighted by Crippen LogP contribution is 2.39. The van der Waals surface area contributed by atoms with Gasteiger partial charge in [0.05, 0.1) is 35.3 Å². The Hall–Kier alpha value is -2.51. The van der Waals surface area contributed by atoms with Crippen LogP contribution in [0, 0.1) is 23.7 Å². The van der Waals surface area contributed by atoms with Crippen LogP contribution in [0.15, 0.2) is 11.4 Å². The second kappa shape index (κ2) is 18.6. The van der Waals surface area contributed by atoms with E-state index in [9.17, 15) is 24.9 Å². The van der Waals surface area contributed by atoms with E-state index in [1.165, 1.54) is 21.0 Å². The molecule has 4 heterocycles. The van der Waals surface area contributed by atoms with E-state index in [0.29, 0.717) is 37.3 Å². The van der Waals surface area contributed by atoms with Gasteiger partial charge in [-0.05, 0) is 60.5 Å². The fourth-order valence-electron chi connectivity index (χ4n) is 8.28. The fraction of sp³-hybridized carbons (Fsp3) is 0.865. The molecule has 0 aromatic carbocycles. The number of ketones is 1. The van der Waals surface area contributed by atoms with E-state index < -0.39 is 77.3 Å². The van der Waals surface area contributed by atoms with Crippen molar-refractivity contribution in [3.05, 3.63) is 11.9 Å². The number of methoxy groups -OCH3 is 1. The summed E-state index contributed by atoms with van der Waals surface area (Å²) in [6.07, 6.45) is -2.54. The van der Waals surface area contributed by atoms with Crippen molar-refractivity contribution in [2.24, 2.45) is 28.8 Å². The molecule has 1 aromatic rings. The van der Waals surface area contributed by atoms with Crippen LogP contribution in [0.25, 0.3) is 0 Å². The van der Waals surface area contributed by atoms with Gasteiger partial charge in [0.25, 0.3) is 7.98 Å². The standard InChI is InChI=1S/C37H63BN6O10/c1-11-28-37(8,49)32(47)22(4)29(41-54-26-12-14-39-18-26)20(2)17-36(7,50-10)33(23(5)30(45)24(6)34(48)52-28)53-35-31(46)27(16-21(3)51-35)43(9)15-13-25-19-44(38)42-40-25/h19-24,26-28,31-33,35,39,46-47,49H,11-18H2,1-10H3/b41-29+/t20-,21-,22+,23-,24-,26-,27+,28-,31-,32-,33-,35+,36-,37-/m1/s1. The van der Waals surface area contributed by atoms with E-state index in [1.54, 1.807) is 27.0 Å². The Bertz CT molecular complexity index is 1430. The van der Waals surface area contributed by atoms with Crippen LogP contribution in [0.1, 0.15) is 86.8 Å². The molecular weight excluding hydrogens is 699 g/mol. The molecule has 0 unspecified atom stereocenters. The number of likely N-dealkylation sites (N-methyl/N-ethyl adjacent to an activating group) is 1. The molecule has 3 aliphatic heterocycles. The van der Waals surface area contributed by atoms with E-state index in [4.69, 9.17) is 31.8 Å². The SMILES string of the molecule is [B]n1cc(CCN(C)[C@H]2C[C@@H](C)O[C@@H](O[C@@H]3[C@H](C)C(=O)[C@@H](C)C(=O)O[C@H](CC)[C@@](C)(O)[C@H](O)[C@@H](C)/C(=N/O[C@@H]4CCNC4)[C@H](C)C[C@@]3(C)OC)[C@@H]2O)nn1. The van der Waals surface area contributed by atoms with Gasteiger partial charge in [-0.15, -0.1) is 5.10 Å². The molecule has 0 spiro atoms. The number of hydrogen-bond acceptors (Lipinski definition) is 15. The van der Waals surface area contributed by atoms with Gasteiger partial charge in [0.2, 0.25) is 0 Å². The minimum atomic E-state index is -1.90. The van der Waals surface area contributed by atoms with Crippen molar-refractivity contribution in [3.63, 3.8) is 0 Å². The number of cyclic esters (lactones) is 1. The normalized spacial score (nSPS) is 41.2. The highest BCUT2D eigenvalue weighted by molar-refractivity contribution is 6.05. The van der Waals surface area contributed by atoms with E-state index in [-0.39, 0.29) is 31.1 Å². The third-order valence-corrected chi connectivity index (χ3v) is 11.8. The number of carbonyl (C=O) groups excluding carboxylic acids is 2. The van der Waals surface area contributed by atoms with Crippen LogP contribution in [0.4, 0.5) is 0 Å². The molecule has 54 heavy (non-hydrogen) atoms. The molecule has 0 aliphatic carbocycles. The summed E-state index contributed by atoms with van der Waals surface area (Å²) in [6, 6.07) is -0.375. The number of rotatable bonds is 10. The summed E-state index contributed by atoms with van der Waals surface area (Å²) in [4.78, 5) is 35.9. The van der Waals surface area contributed by atoms with Crippen LogP contribution >= 0.6 is 0 Å². The maximum atomic E-state index is 14.3. The molecule has 16 nitrogen and oxygen atoms in total. The third kappa shape index (κ3) is 10.1. The second-order valence-corrected chi connectivity index (χ2v) is 16.2. The average Bonchev–Trinajstić information content (AvgIpc) is 3.82. The molecule has 3 aliphatic rings. The number of aliphatic hydroxyl groups is 3. The van der Waals surface area contributed by atoms with E-state index in [2.05, 4.69) is 20.8 Å². The van der Waals surface area contributed by atoms with Crippen LogP contribution in [0.3, 0.4) is 0 Å². The Labute approximate surface area is 321 Å². The summed E-state index contributed by atoms with van der Waals surface area (Å²) in [5.74, 6) is -4.73. The number of esters is 1. The first-order valence-corrected chi connectivity index (χ1v) is 19.3. The number of nitrogens with one attached hydrogen (secondary N) is 1. The van der Waals surface area contributed by atoms with Gasteiger partial charge in [0.15, 0.2) is 12.1 Å². The summed E-state index contributed by atoms with van der Waals surface area (Å²) in [6.45, 7) is 15.6. The quantitative estimate of drug-likeness (QED) is 0.114. The van der Waals surface area contributed by atoms with Crippen LogP contribution in [-0.2, 0) is 39.8 Å². The number of hydrogen-bond donors (Lipinski definition) is 4. The van der Waals surface area contributed by atoms with Gasteiger partial charge in [0.1, 0.15) is 29.8 Å². The van der Waals surface area contributed by atoms with Crippen molar-refractivity contribution < 1.29 is 48.7 Å². The molecular formula is C37H63BN6O10. The van der Waals surface area contributed by atoms with Gasteiger partial charge >= 0.3 is 5.97 Å². The Kier molecular flexibility index (Phi) is 15.2. The minimum absolute atomic E-state index is 0.177. The van der Waals surface area contributed by atoms with Crippen LogP contribution in [-0.4, -0.2) is 155 Å². The number of aromatic nitrogens is 3. The molecule has 3 fully saturated rings. The Morgan fingerprint density at radius 1 is 1.17 bits per heavy atom. The second-order valence-electron chi connectivity index (χ2n) is 16.2. The predicted octanol–water partition coefficient (Wildman–Crippen LogP) is 1.02. The number of Topliss-reactive ketones (excluding diaryl/α,β-unsaturated/α-hetero) is 1. The molecule has 17 heteroatoms. The lowest BCUT2D eigenvalue weighted by atomic mass is 9.74. The number of ether oxygens (including phenoxy) is 4. The monoisotopic (exact) mass is 762 g/mol. The zero-order valence-electron chi connectivity index (χ0n) is 33.7. The van der Waals surface area contributed by atoms with Gasteiger partial charge in [-0.2, -0.15) is 0 Å². The van der Waals surface area contributed by atoms with Gasteiger partial charge in [-0.3, -0.25) is 9.59 Å². The van der Waals surface area contributed by atoms with Crippen LogP contribution < -0.4 is 5.32 Å². The minimum Gasteiger partial charge on any atom is -0.459 e. The van der Waals surface area contributed by atoms with Crippen molar-refractivity contribution >= 4 is 25.4 Å². The lowest BCUT2D eigenvalue weighted by Crippen LogP contribution is -2.60. The van der Waals surface area contributed by atoms with Crippen LogP contribution in [0.5, 0.6) is 0 Å². The molecule has 3 saturated heterocycles. The molecule has 14 atom stereocenters. The number of oxime groups is 1. The first-order chi connectivity index (χ1) is 25.3. The van der Waals surface area contributed by atoms with Crippen molar-refractivity contribution in [1.29, 1.82) is 0 Å². The zero-order valence-corrected chi connectivity index (χ0v) is 33.7. The molecule has 0 saturated carbocycles. The summed E-state index contributed by atoms with van der Waals surface area (Å²) in [5.41, 5.74) is -1.97. The van der Waals surface area contributed by atoms with E-state index >= 15 is 0 Å². The summed E-state index contributed by atoms with van der Waals surface area (Å²) in [7, 11) is 9.09. The molecule has 2 radical (unpaired) electrons. The van der Waals surface area contributed by atoms with Crippen molar-refractivity contribution in [2.75, 3.05) is 33.8 Å². The molecule has 1 aromatic heterocycles. The van der Waals surface area contributed by atoms with E-state index in [1.807, 2.05) is 32.7 Å². The first kappa shape index (κ1) is 44.2. The largest absolute Gasteiger partial charge is 0.459 e. The Morgan fingerprint density at radius 3 is 2.46 bits per heavy atom. The number of carbonyl (C=O) groups is 2. The smallest absolute Gasteiger partial charge is 0.316 e. The topological polar surface area (TPSA) is 199 Å². The molecule has 0 amide bonds. The maximum Gasteiger partial charge on any atom is 0.316 e. The summed E-state index contributed by atoms with van der Waals surface area (Å²) in [5, 5.41) is 51.0.